The highest BCUT2D eigenvalue weighted by Crippen LogP contribution is 2.38. The number of pyridine rings is 1. The van der Waals surface area contributed by atoms with Gasteiger partial charge in [0.15, 0.2) is 6.29 Å². The van der Waals surface area contributed by atoms with Crippen LogP contribution >= 0.6 is 27.3 Å². The fourth-order valence-electron chi connectivity index (χ4n) is 3.58. The topological polar surface area (TPSA) is 68.0 Å². The third-order valence-electron chi connectivity index (χ3n) is 5.54. The zero-order valence-corrected chi connectivity index (χ0v) is 23.6. The van der Waals surface area contributed by atoms with Crippen LogP contribution in [-0.2, 0) is 12.8 Å². The van der Waals surface area contributed by atoms with Gasteiger partial charge in [-0.15, -0.1) is 11.3 Å². The van der Waals surface area contributed by atoms with E-state index in [0.29, 0.717) is 5.41 Å². The molecule has 6 heteroatoms. The Morgan fingerprint density at radius 1 is 1.30 bits per heavy atom. The normalized spacial score (nSPS) is 16.0. The van der Waals surface area contributed by atoms with Gasteiger partial charge in [0.1, 0.15) is 4.83 Å². The first-order valence-electron chi connectivity index (χ1n) is 11.9. The fourth-order valence-corrected chi connectivity index (χ4v) is 4.94. The number of nitrogens with zero attached hydrogens (tertiary/aromatic N) is 1. The Labute approximate surface area is 213 Å². The van der Waals surface area contributed by atoms with Crippen LogP contribution in [0.2, 0.25) is 0 Å². The number of aryl methyl sites for hydroxylation is 1. The molecule has 0 aromatic carbocycles. The Hall–Kier alpha value is -1.34. The largest absolute Gasteiger partial charge is 0.329 e. The highest BCUT2D eigenvalue weighted by atomic mass is 79.9. The van der Waals surface area contributed by atoms with Gasteiger partial charge in [-0.2, -0.15) is 0 Å². The van der Waals surface area contributed by atoms with Crippen LogP contribution in [0.3, 0.4) is 0 Å². The van der Waals surface area contributed by atoms with Crippen molar-refractivity contribution in [3.63, 3.8) is 0 Å². The number of allylic oxidation sites excluding steroid dienone is 4. The smallest absolute Gasteiger partial charge is 0.160 e. The number of hydrogen-bond acceptors (Lipinski definition) is 5. The molecule has 1 unspecified atom stereocenters. The van der Waals surface area contributed by atoms with Crippen molar-refractivity contribution in [3.8, 4) is 0 Å². The number of nitrogens with two attached hydrogens (primary N) is 1. The predicted molar refractivity (Wildman–Crippen MR) is 150 cm³/mol. The summed E-state index contributed by atoms with van der Waals surface area (Å²) in [5.74, 6) is 0.725. The third-order valence-corrected chi connectivity index (χ3v) is 7.10. The highest BCUT2D eigenvalue weighted by molar-refractivity contribution is 9.11. The van der Waals surface area contributed by atoms with Gasteiger partial charge >= 0.3 is 0 Å². The molecule has 0 fully saturated rings. The van der Waals surface area contributed by atoms with Crippen molar-refractivity contribution >= 4 is 43.8 Å². The van der Waals surface area contributed by atoms with Crippen LogP contribution in [0.1, 0.15) is 74.8 Å². The lowest BCUT2D eigenvalue weighted by atomic mass is 9.71. The number of hydrogen-bond donors (Lipinski definition) is 2. The summed E-state index contributed by atoms with van der Waals surface area (Å²) in [5, 5.41) is 4.02. The molecule has 0 aliphatic heterocycles. The van der Waals surface area contributed by atoms with Crippen LogP contribution in [0, 0.1) is 11.3 Å². The minimum absolute atomic E-state index is 0.356. The molecule has 0 radical (unpaired) electrons. The van der Waals surface area contributed by atoms with Gasteiger partial charge in [-0.25, -0.2) is 4.98 Å². The first kappa shape index (κ1) is 29.7. The van der Waals surface area contributed by atoms with Crippen molar-refractivity contribution < 1.29 is 4.79 Å². The van der Waals surface area contributed by atoms with Crippen LogP contribution in [0.4, 0.5) is 0 Å². The quantitative estimate of drug-likeness (QED) is 0.306. The molecular formula is C27H42BrN3OS. The summed E-state index contributed by atoms with van der Waals surface area (Å²) in [6.07, 6.45) is 12.9. The number of carbonyl (C=O) groups excluding carboxylic acids is 1. The highest BCUT2D eigenvalue weighted by Gasteiger charge is 2.29. The monoisotopic (exact) mass is 535 g/mol. The van der Waals surface area contributed by atoms with E-state index < -0.39 is 0 Å². The number of carbonyl (C=O) groups is 1. The molecule has 2 aromatic heterocycles. The number of aldehydes is 1. The zero-order chi connectivity index (χ0) is 24.9. The lowest BCUT2D eigenvalue weighted by molar-refractivity contribution is 0.112. The third kappa shape index (κ3) is 10.6. The SMILES string of the molecule is CC(C)(C)C1CCc2nc3sc(C=O)cc3cc2C1.CC/C=C\C(Br)=C/CC.CNCCN. The first-order valence-corrected chi connectivity index (χ1v) is 13.5. The molecular weight excluding hydrogens is 494 g/mol. The zero-order valence-electron chi connectivity index (χ0n) is 21.2. The van der Waals surface area contributed by atoms with Crippen LogP contribution in [0.25, 0.3) is 10.2 Å². The van der Waals surface area contributed by atoms with Crippen molar-refractivity contribution in [2.24, 2.45) is 17.1 Å². The van der Waals surface area contributed by atoms with E-state index in [-0.39, 0.29) is 0 Å². The van der Waals surface area contributed by atoms with Crippen LogP contribution < -0.4 is 11.1 Å². The summed E-state index contributed by atoms with van der Waals surface area (Å²) < 4.78 is 1.19. The number of rotatable bonds is 6. The molecule has 0 amide bonds. The molecule has 0 spiro atoms. The molecule has 1 atom stereocenters. The molecule has 3 N–H and O–H groups in total. The van der Waals surface area contributed by atoms with Gasteiger partial charge in [0.05, 0.1) is 4.88 Å². The Morgan fingerprint density at radius 3 is 2.55 bits per heavy atom. The van der Waals surface area contributed by atoms with Gasteiger partial charge in [0, 0.05) is 28.7 Å². The van der Waals surface area contributed by atoms with Gasteiger partial charge < -0.3 is 11.1 Å². The van der Waals surface area contributed by atoms with Gasteiger partial charge in [-0.1, -0.05) is 68.8 Å². The maximum absolute atomic E-state index is 10.9. The molecule has 0 saturated heterocycles. The molecule has 2 heterocycles. The van der Waals surface area contributed by atoms with Crippen LogP contribution in [0.5, 0.6) is 0 Å². The van der Waals surface area contributed by atoms with Gasteiger partial charge in [0.2, 0.25) is 0 Å². The van der Waals surface area contributed by atoms with E-state index in [1.165, 1.54) is 33.5 Å². The van der Waals surface area contributed by atoms with Crippen molar-refractivity contribution in [2.75, 3.05) is 20.1 Å². The minimum atomic E-state index is 0.356. The van der Waals surface area contributed by atoms with E-state index in [9.17, 15) is 4.79 Å². The number of likely N-dealkylation sites (N-methyl/N-ethyl adjacent to an activating group) is 1. The van der Waals surface area contributed by atoms with Gasteiger partial charge in [-0.05, 0) is 68.2 Å². The summed E-state index contributed by atoms with van der Waals surface area (Å²) in [5.41, 5.74) is 8.06. The van der Waals surface area contributed by atoms with Crippen molar-refractivity contribution in [2.45, 2.75) is 66.7 Å². The number of nitrogens with one attached hydrogen (secondary N) is 1. The molecule has 33 heavy (non-hydrogen) atoms. The average Bonchev–Trinajstić information content (AvgIpc) is 3.18. The Kier molecular flexibility index (Phi) is 14.0. The standard InChI is InChI=1S/C16H19NOS.C8H13Br.C3H10N2/c1-16(2,3)12-4-5-14-10(7-12)6-11-8-13(9-18)19-15(11)17-14;1-3-5-7-8(9)6-4-2;1-5-3-2-4/h6,8-9,12H,4-5,7H2,1-3H3;5-7H,3-4H2,1-2H3;5H,2-4H2,1H3/b;7-5-,8-6+;. The summed E-state index contributed by atoms with van der Waals surface area (Å²) in [6, 6.07) is 4.21. The second kappa shape index (κ2) is 15.5. The van der Waals surface area contributed by atoms with E-state index in [4.69, 9.17) is 10.7 Å². The summed E-state index contributed by atoms with van der Waals surface area (Å²) >= 11 is 4.91. The summed E-state index contributed by atoms with van der Waals surface area (Å²) in [7, 11) is 1.88. The van der Waals surface area contributed by atoms with Crippen molar-refractivity contribution in [1.82, 2.24) is 10.3 Å². The van der Waals surface area contributed by atoms with E-state index in [0.717, 1.165) is 66.1 Å². The Morgan fingerprint density at radius 2 is 2.03 bits per heavy atom. The number of fused-ring (bicyclic) bond motifs is 2. The van der Waals surface area contributed by atoms with E-state index in [2.05, 4.69) is 80.2 Å². The summed E-state index contributed by atoms with van der Waals surface area (Å²) in [6.45, 7) is 12.9. The number of aromatic nitrogens is 1. The maximum Gasteiger partial charge on any atom is 0.160 e. The second-order valence-electron chi connectivity index (χ2n) is 9.26. The van der Waals surface area contributed by atoms with Crippen LogP contribution in [-0.4, -0.2) is 31.4 Å². The van der Waals surface area contributed by atoms with Crippen LogP contribution in [0.15, 0.2) is 34.8 Å². The van der Waals surface area contributed by atoms with E-state index in [1.807, 2.05) is 13.1 Å². The Balaban J connectivity index is 0.000000326. The molecule has 3 rings (SSSR count). The second-order valence-corrected chi connectivity index (χ2v) is 11.2. The first-order chi connectivity index (χ1) is 15.7. The maximum atomic E-state index is 10.9. The molecule has 2 aromatic rings. The molecule has 1 aliphatic carbocycles. The molecule has 1 aliphatic rings. The Bertz CT molecular complexity index is 910. The lowest BCUT2D eigenvalue weighted by Crippen LogP contribution is -2.27. The fraction of sp³-hybridized carbons (Fsp3) is 0.556. The number of thiophene rings is 1. The van der Waals surface area contributed by atoms with Gasteiger partial charge in [0.25, 0.3) is 0 Å². The lowest BCUT2D eigenvalue weighted by Gasteiger charge is -2.34. The van der Waals surface area contributed by atoms with E-state index in [1.54, 1.807) is 0 Å². The molecule has 184 valence electrons. The molecule has 0 saturated carbocycles. The predicted octanol–water partition coefficient (Wildman–Crippen LogP) is 7.07. The van der Waals surface area contributed by atoms with Gasteiger partial charge in [-0.3, -0.25) is 4.79 Å². The average molecular weight is 537 g/mol. The van der Waals surface area contributed by atoms with E-state index >= 15 is 0 Å². The minimum Gasteiger partial charge on any atom is -0.329 e. The molecule has 4 nitrogen and oxygen atoms in total. The summed E-state index contributed by atoms with van der Waals surface area (Å²) in [4.78, 5) is 17.4. The number of halogens is 1. The molecule has 0 bridgehead atoms. The van der Waals surface area contributed by atoms with Crippen molar-refractivity contribution in [3.05, 3.63) is 51.0 Å². The van der Waals surface area contributed by atoms with Crippen molar-refractivity contribution in [1.29, 1.82) is 0 Å².